The molecule has 3 aromatic carbocycles. The Labute approximate surface area is 212 Å². The number of benzene rings is 3. The SMILES string of the molecule is CN(C(=O)CN1CCN(C(c2ccc(F)cc2)c2ccc(F)cc2)CC1)[C@H]1CCCc2ccccc21. The number of hydrogen-bond acceptors (Lipinski definition) is 3. The van der Waals surface area contributed by atoms with E-state index in [2.05, 4.69) is 34.1 Å². The van der Waals surface area contributed by atoms with E-state index in [1.165, 1.54) is 35.4 Å². The molecule has 188 valence electrons. The molecular weight excluding hydrogens is 456 g/mol. The molecule has 1 saturated heterocycles. The first kappa shape index (κ1) is 24.6. The third-order valence-electron chi connectivity index (χ3n) is 7.70. The van der Waals surface area contributed by atoms with Gasteiger partial charge in [-0.05, 0) is 65.8 Å². The number of aryl methyl sites for hydroxylation is 1. The highest BCUT2D eigenvalue weighted by molar-refractivity contribution is 5.78. The van der Waals surface area contributed by atoms with Crippen molar-refractivity contribution in [2.45, 2.75) is 31.3 Å². The zero-order chi connectivity index (χ0) is 25.1. The summed E-state index contributed by atoms with van der Waals surface area (Å²) in [6.45, 7) is 3.46. The first-order chi connectivity index (χ1) is 17.5. The molecule has 2 aliphatic rings. The van der Waals surface area contributed by atoms with Gasteiger partial charge in [-0.25, -0.2) is 8.78 Å². The summed E-state index contributed by atoms with van der Waals surface area (Å²) < 4.78 is 27.2. The van der Waals surface area contributed by atoms with Crippen LogP contribution in [0.3, 0.4) is 0 Å². The number of carbonyl (C=O) groups is 1. The molecular formula is C30H33F2N3O. The number of fused-ring (bicyclic) bond motifs is 1. The van der Waals surface area contributed by atoms with Crippen LogP contribution in [0.2, 0.25) is 0 Å². The summed E-state index contributed by atoms with van der Waals surface area (Å²) in [7, 11) is 1.93. The third-order valence-corrected chi connectivity index (χ3v) is 7.70. The zero-order valence-electron chi connectivity index (χ0n) is 20.7. The van der Waals surface area contributed by atoms with Crippen molar-refractivity contribution < 1.29 is 13.6 Å². The number of halogens is 2. The van der Waals surface area contributed by atoms with E-state index in [1.54, 1.807) is 24.3 Å². The van der Waals surface area contributed by atoms with E-state index in [-0.39, 0.29) is 29.6 Å². The second kappa shape index (κ2) is 10.9. The summed E-state index contributed by atoms with van der Waals surface area (Å²) in [4.78, 5) is 19.7. The lowest BCUT2D eigenvalue weighted by molar-refractivity contribution is -0.134. The molecule has 0 radical (unpaired) electrons. The molecule has 1 heterocycles. The van der Waals surface area contributed by atoms with Crippen molar-refractivity contribution >= 4 is 5.91 Å². The second-order valence-corrected chi connectivity index (χ2v) is 9.93. The predicted molar refractivity (Wildman–Crippen MR) is 138 cm³/mol. The van der Waals surface area contributed by atoms with Gasteiger partial charge in [0.05, 0.1) is 18.6 Å². The van der Waals surface area contributed by atoms with E-state index in [0.717, 1.165) is 56.6 Å². The van der Waals surface area contributed by atoms with E-state index in [0.29, 0.717) is 6.54 Å². The van der Waals surface area contributed by atoms with Crippen LogP contribution in [-0.4, -0.2) is 60.4 Å². The van der Waals surface area contributed by atoms with Gasteiger partial charge >= 0.3 is 0 Å². The van der Waals surface area contributed by atoms with E-state index in [1.807, 2.05) is 11.9 Å². The molecule has 1 amide bonds. The minimum Gasteiger partial charge on any atom is -0.338 e. The normalized spacial score (nSPS) is 18.7. The summed E-state index contributed by atoms with van der Waals surface area (Å²) in [5.41, 5.74) is 4.59. The second-order valence-electron chi connectivity index (χ2n) is 9.93. The summed E-state index contributed by atoms with van der Waals surface area (Å²) in [5.74, 6) is -0.395. The van der Waals surface area contributed by atoms with Gasteiger partial charge in [-0.3, -0.25) is 14.6 Å². The fourth-order valence-corrected chi connectivity index (χ4v) is 5.69. The summed E-state index contributed by atoms with van der Waals surface area (Å²) in [5, 5.41) is 0. The van der Waals surface area contributed by atoms with Gasteiger partial charge in [0.15, 0.2) is 0 Å². The molecule has 1 aliphatic carbocycles. The molecule has 0 aromatic heterocycles. The van der Waals surface area contributed by atoms with E-state index in [4.69, 9.17) is 0 Å². The van der Waals surface area contributed by atoms with Crippen molar-refractivity contribution in [2.24, 2.45) is 0 Å². The number of nitrogens with zero attached hydrogens (tertiary/aromatic N) is 3. The molecule has 1 aliphatic heterocycles. The fourth-order valence-electron chi connectivity index (χ4n) is 5.69. The smallest absolute Gasteiger partial charge is 0.237 e. The Hall–Kier alpha value is -3.09. The highest BCUT2D eigenvalue weighted by Crippen LogP contribution is 2.34. The quantitative estimate of drug-likeness (QED) is 0.476. The number of rotatable bonds is 6. The van der Waals surface area contributed by atoms with Crippen LogP contribution in [0.1, 0.15) is 47.2 Å². The number of carbonyl (C=O) groups excluding carboxylic acids is 1. The van der Waals surface area contributed by atoms with E-state index < -0.39 is 0 Å². The first-order valence-electron chi connectivity index (χ1n) is 12.8. The van der Waals surface area contributed by atoms with Crippen molar-refractivity contribution in [3.8, 4) is 0 Å². The zero-order valence-corrected chi connectivity index (χ0v) is 20.7. The minimum atomic E-state index is -0.273. The Kier molecular flexibility index (Phi) is 7.44. The average Bonchev–Trinajstić information content (AvgIpc) is 2.91. The molecule has 0 bridgehead atoms. The van der Waals surface area contributed by atoms with E-state index in [9.17, 15) is 13.6 Å². The van der Waals surface area contributed by atoms with Gasteiger partial charge in [0.2, 0.25) is 5.91 Å². The number of amides is 1. The van der Waals surface area contributed by atoms with Crippen LogP contribution in [0.4, 0.5) is 8.78 Å². The lowest BCUT2D eigenvalue weighted by atomic mass is 9.87. The van der Waals surface area contributed by atoms with Gasteiger partial charge in [-0.15, -0.1) is 0 Å². The molecule has 0 N–H and O–H groups in total. The monoisotopic (exact) mass is 489 g/mol. The van der Waals surface area contributed by atoms with Crippen LogP contribution in [-0.2, 0) is 11.2 Å². The van der Waals surface area contributed by atoms with Gasteiger partial charge in [-0.1, -0.05) is 48.5 Å². The maximum absolute atomic E-state index is 13.6. The molecule has 0 saturated carbocycles. The Morgan fingerprint density at radius 2 is 1.47 bits per heavy atom. The lowest BCUT2D eigenvalue weighted by Gasteiger charge is -2.40. The van der Waals surface area contributed by atoms with Gasteiger partial charge < -0.3 is 4.90 Å². The number of hydrogen-bond donors (Lipinski definition) is 0. The molecule has 6 heteroatoms. The Morgan fingerprint density at radius 3 is 2.08 bits per heavy atom. The maximum atomic E-state index is 13.6. The van der Waals surface area contributed by atoms with Crippen LogP contribution in [0.15, 0.2) is 72.8 Å². The van der Waals surface area contributed by atoms with Crippen molar-refractivity contribution in [1.29, 1.82) is 0 Å². The highest BCUT2D eigenvalue weighted by atomic mass is 19.1. The van der Waals surface area contributed by atoms with Crippen LogP contribution < -0.4 is 0 Å². The highest BCUT2D eigenvalue weighted by Gasteiger charge is 2.30. The molecule has 4 nitrogen and oxygen atoms in total. The summed E-state index contributed by atoms with van der Waals surface area (Å²) >= 11 is 0. The largest absolute Gasteiger partial charge is 0.338 e. The molecule has 0 unspecified atom stereocenters. The maximum Gasteiger partial charge on any atom is 0.237 e. The lowest BCUT2D eigenvalue weighted by Crippen LogP contribution is -2.51. The molecule has 0 spiro atoms. The molecule has 3 aromatic rings. The molecule has 1 atom stereocenters. The van der Waals surface area contributed by atoms with Crippen molar-refractivity contribution in [3.63, 3.8) is 0 Å². The topological polar surface area (TPSA) is 26.8 Å². The van der Waals surface area contributed by atoms with Crippen LogP contribution in [0, 0.1) is 11.6 Å². The first-order valence-corrected chi connectivity index (χ1v) is 12.8. The van der Waals surface area contributed by atoms with E-state index >= 15 is 0 Å². The van der Waals surface area contributed by atoms with Crippen molar-refractivity contribution in [3.05, 3.63) is 107 Å². The van der Waals surface area contributed by atoms with Gasteiger partial charge in [0.1, 0.15) is 11.6 Å². The van der Waals surface area contributed by atoms with Crippen LogP contribution in [0.5, 0.6) is 0 Å². The van der Waals surface area contributed by atoms with Gasteiger partial charge in [0.25, 0.3) is 0 Å². The third kappa shape index (κ3) is 5.35. The summed E-state index contributed by atoms with van der Waals surface area (Å²) in [6.07, 6.45) is 3.19. The Bertz CT molecular complexity index is 1130. The van der Waals surface area contributed by atoms with Crippen LogP contribution in [0.25, 0.3) is 0 Å². The molecule has 36 heavy (non-hydrogen) atoms. The van der Waals surface area contributed by atoms with Gasteiger partial charge in [-0.2, -0.15) is 0 Å². The average molecular weight is 490 g/mol. The number of piperazine rings is 1. The van der Waals surface area contributed by atoms with Crippen molar-refractivity contribution in [1.82, 2.24) is 14.7 Å². The predicted octanol–water partition coefficient (Wildman–Crippen LogP) is 5.21. The van der Waals surface area contributed by atoms with Gasteiger partial charge in [0, 0.05) is 33.2 Å². The Balaban J connectivity index is 1.24. The minimum absolute atomic E-state index is 0.0922. The molecule has 1 fully saturated rings. The van der Waals surface area contributed by atoms with Crippen LogP contribution >= 0.6 is 0 Å². The number of likely N-dealkylation sites (N-methyl/N-ethyl adjacent to an activating group) is 1. The summed E-state index contributed by atoms with van der Waals surface area (Å²) in [6, 6.07) is 21.6. The van der Waals surface area contributed by atoms with Crippen molar-refractivity contribution in [2.75, 3.05) is 39.8 Å². The molecule has 5 rings (SSSR count). The standard InChI is InChI=1S/C30H33F2N3O/c1-33(28-8-4-6-22-5-2-3-7-27(22)28)29(36)21-34-17-19-35(20-18-34)30(23-9-13-25(31)14-10-23)24-11-15-26(32)16-12-24/h2-3,5,7,9-16,28,30H,4,6,8,17-21H2,1H3/t28-/m0/s1. The Morgan fingerprint density at radius 1 is 0.889 bits per heavy atom. The fraction of sp³-hybridized carbons (Fsp3) is 0.367.